The molecular formula is C23H23ClN2O3S. The van der Waals surface area contributed by atoms with Gasteiger partial charge in [0.05, 0.1) is 27.2 Å². The molecule has 0 aliphatic rings. The van der Waals surface area contributed by atoms with Crippen molar-refractivity contribution in [2.24, 2.45) is 0 Å². The minimum atomic E-state index is -3.73. The van der Waals surface area contributed by atoms with Gasteiger partial charge in [0.1, 0.15) is 0 Å². The van der Waals surface area contributed by atoms with Crippen LogP contribution in [0.5, 0.6) is 0 Å². The van der Waals surface area contributed by atoms with Crippen LogP contribution in [-0.2, 0) is 10.0 Å². The van der Waals surface area contributed by atoms with Crippen molar-refractivity contribution in [2.75, 3.05) is 11.4 Å². The number of aryl methyl sites for hydroxylation is 1. The van der Waals surface area contributed by atoms with E-state index in [1.165, 1.54) is 31.3 Å². The first kappa shape index (κ1) is 21.9. The topological polar surface area (TPSA) is 66.5 Å². The minimum absolute atomic E-state index is 0.178. The van der Waals surface area contributed by atoms with Crippen molar-refractivity contribution in [2.45, 2.75) is 24.8 Å². The smallest absolute Gasteiger partial charge is 0.264 e. The maximum absolute atomic E-state index is 12.8. The van der Waals surface area contributed by atoms with Gasteiger partial charge in [-0.2, -0.15) is 0 Å². The maximum atomic E-state index is 12.8. The third-order valence-electron chi connectivity index (χ3n) is 4.97. The Bertz CT molecular complexity index is 1160. The number of sulfonamides is 1. The van der Waals surface area contributed by atoms with Crippen molar-refractivity contribution in [3.8, 4) is 0 Å². The van der Waals surface area contributed by atoms with Crippen LogP contribution in [0.4, 0.5) is 5.69 Å². The molecule has 0 aliphatic carbocycles. The summed E-state index contributed by atoms with van der Waals surface area (Å²) in [5, 5.41) is 3.12. The van der Waals surface area contributed by atoms with Gasteiger partial charge in [0.2, 0.25) is 0 Å². The van der Waals surface area contributed by atoms with Gasteiger partial charge in [-0.05, 0) is 55.3 Å². The number of nitrogens with zero attached hydrogens (tertiary/aromatic N) is 1. The molecule has 5 nitrogen and oxygen atoms in total. The molecule has 7 heteroatoms. The Balaban J connectivity index is 1.81. The molecule has 1 amide bonds. The zero-order valence-electron chi connectivity index (χ0n) is 17.0. The summed E-state index contributed by atoms with van der Waals surface area (Å²) in [5.41, 5.74) is 2.76. The van der Waals surface area contributed by atoms with Crippen LogP contribution in [0.1, 0.15) is 34.5 Å². The third kappa shape index (κ3) is 4.50. The molecule has 0 bridgehead atoms. The van der Waals surface area contributed by atoms with E-state index in [1.807, 2.05) is 38.1 Å². The Labute approximate surface area is 182 Å². The number of rotatable bonds is 6. The molecule has 30 heavy (non-hydrogen) atoms. The van der Waals surface area contributed by atoms with Gasteiger partial charge in [0, 0.05) is 7.05 Å². The molecule has 0 radical (unpaired) electrons. The largest absolute Gasteiger partial charge is 0.345 e. The number of hydrogen-bond acceptors (Lipinski definition) is 3. The molecule has 0 spiro atoms. The second-order valence-corrected chi connectivity index (χ2v) is 9.38. The molecule has 0 unspecified atom stereocenters. The Morgan fingerprint density at radius 2 is 1.63 bits per heavy atom. The average molecular weight is 443 g/mol. The second-order valence-electron chi connectivity index (χ2n) is 7.00. The van der Waals surface area contributed by atoms with E-state index in [1.54, 1.807) is 24.3 Å². The highest BCUT2D eigenvalue weighted by Crippen LogP contribution is 2.28. The first-order chi connectivity index (χ1) is 14.2. The quantitative estimate of drug-likeness (QED) is 0.586. The fraction of sp³-hybridized carbons (Fsp3) is 0.174. The molecule has 0 aliphatic heterocycles. The molecule has 0 saturated carbocycles. The van der Waals surface area contributed by atoms with Crippen LogP contribution < -0.4 is 9.62 Å². The van der Waals surface area contributed by atoms with Crippen LogP contribution in [0.2, 0.25) is 5.02 Å². The number of carbonyl (C=O) groups is 1. The average Bonchev–Trinajstić information content (AvgIpc) is 2.73. The van der Waals surface area contributed by atoms with Crippen LogP contribution in [0.3, 0.4) is 0 Å². The Morgan fingerprint density at radius 1 is 1.00 bits per heavy atom. The van der Waals surface area contributed by atoms with Crippen molar-refractivity contribution in [3.63, 3.8) is 0 Å². The van der Waals surface area contributed by atoms with Gasteiger partial charge >= 0.3 is 0 Å². The van der Waals surface area contributed by atoms with E-state index in [-0.39, 0.29) is 27.4 Å². The minimum Gasteiger partial charge on any atom is -0.345 e. The van der Waals surface area contributed by atoms with E-state index in [2.05, 4.69) is 5.32 Å². The lowest BCUT2D eigenvalue weighted by Gasteiger charge is -2.21. The van der Waals surface area contributed by atoms with Crippen molar-refractivity contribution >= 4 is 33.2 Å². The van der Waals surface area contributed by atoms with Gasteiger partial charge in [-0.25, -0.2) is 8.42 Å². The number of anilines is 1. The lowest BCUT2D eigenvalue weighted by Crippen LogP contribution is -2.28. The molecule has 3 rings (SSSR count). The van der Waals surface area contributed by atoms with Crippen LogP contribution in [-0.4, -0.2) is 21.4 Å². The molecule has 3 aromatic rings. The number of nitrogens with one attached hydrogen (secondary N) is 1. The summed E-state index contributed by atoms with van der Waals surface area (Å²) >= 11 is 6.34. The second kappa shape index (κ2) is 8.90. The Hall–Kier alpha value is -2.83. The van der Waals surface area contributed by atoms with E-state index in [4.69, 9.17) is 11.6 Å². The number of amides is 1. The zero-order chi connectivity index (χ0) is 21.9. The van der Waals surface area contributed by atoms with E-state index in [0.29, 0.717) is 5.69 Å². The van der Waals surface area contributed by atoms with Crippen LogP contribution in [0, 0.1) is 6.92 Å². The number of carbonyl (C=O) groups excluding carboxylic acids is 1. The van der Waals surface area contributed by atoms with Gasteiger partial charge < -0.3 is 5.32 Å². The third-order valence-corrected chi connectivity index (χ3v) is 7.08. The Morgan fingerprint density at radius 3 is 2.27 bits per heavy atom. The maximum Gasteiger partial charge on any atom is 0.264 e. The van der Waals surface area contributed by atoms with Gasteiger partial charge in [0.25, 0.3) is 15.9 Å². The standard InChI is InChI=1S/C23H23ClN2O3S/c1-16-9-7-8-12-20(16)17(2)25-23(27)21-14-13-18(15-22(21)24)26(3)30(28,29)19-10-5-4-6-11-19/h4-15,17H,1-3H3,(H,25,27)/t17-/m1/s1. The van der Waals surface area contributed by atoms with Crippen molar-refractivity contribution < 1.29 is 13.2 Å². The summed E-state index contributed by atoms with van der Waals surface area (Å²) in [5.74, 6) is -0.323. The van der Waals surface area contributed by atoms with E-state index < -0.39 is 10.0 Å². The van der Waals surface area contributed by atoms with E-state index in [9.17, 15) is 13.2 Å². The molecule has 3 aromatic carbocycles. The predicted molar refractivity (Wildman–Crippen MR) is 121 cm³/mol. The molecule has 0 fully saturated rings. The highest BCUT2D eigenvalue weighted by molar-refractivity contribution is 7.92. The van der Waals surface area contributed by atoms with Crippen LogP contribution in [0.15, 0.2) is 77.7 Å². The molecule has 156 valence electrons. The van der Waals surface area contributed by atoms with Gasteiger partial charge in [0.15, 0.2) is 0 Å². The summed E-state index contributed by atoms with van der Waals surface area (Å²) in [6.45, 7) is 3.89. The molecule has 1 N–H and O–H groups in total. The molecule has 1 atom stereocenters. The first-order valence-electron chi connectivity index (χ1n) is 9.41. The number of hydrogen-bond donors (Lipinski definition) is 1. The van der Waals surface area contributed by atoms with Gasteiger partial charge in [-0.3, -0.25) is 9.10 Å². The van der Waals surface area contributed by atoms with Crippen molar-refractivity contribution in [1.82, 2.24) is 5.32 Å². The Kier molecular flexibility index (Phi) is 6.48. The van der Waals surface area contributed by atoms with Crippen LogP contribution >= 0.6 is 11.6 Å². The monoisotopic (exact) mass is 442 g/mol. The summed E-state index contributed by atoms with van der Waals surface area (Å²) in [6.07, 6.45) is 0. The highest BCUT2D eigenvalue weighted by atomic mass is 35.5. The zero-order valence-corrected chi connectivity index (χ0v) is 18.5. The van der Waals surface area contributed by atoms with Crippen molar-refractivity contribution in [3.05, 3.63) is 94.5 Å². The number of benzene rings is 3. The molecular weight excluding hydrogens is 420 g/mol. The predicted octanol–water partition coefficient (Wildman–Crippen LogP) is 4.96. The van der Waals surface area contributed by atoms with Gasteiger partial charge in [-0.1, -0.05) is 54.1 Å². The normalized spacial score (nSPS) is 12.3. The summed E-state index contributed by atoms with van der Waals surface area (Å²) < 4.78 is 26.7. The SMILES string of the molecule is Cc1ccccc1[C@@H](C)NC(=O)c1ccc(N(C)S(=O)(=O)c2ccccc2)cc1Cl. The summed E-state index contributed by atoms with van der Waals surface area (Å²) in [4.78, 5) is 12.9. The van der Waals surface area contributed by atoms with Crippen molar-refractivity contribution in [1.29, 1.82) is 0 Å². The summed E-state index contributed by atoms with van der Waals surface area (Å²) in [6, 6.07) is 20.4. The molecule has 0 heterocycles. The fourth-order valence-electron chi connectivity index (χ4n) is 3.20. The van der Waals surface area contributed by atoms with E-state index in [0.717, 1.165) is 15.4 Å². The molecule has 0 aromatic heterocycles. The molecule has 0 saturated heterocycles. The lowest BCUT2D eigenvalue weighted by atomic mass is 10.0. The van der Waals surface area contributed by atoms with Gasteiger partial charge in [-0.15, -0.1) is 0 Å². The first-order valence-corrected chi connectivity index (χ1v) is 11.2. The lowest BCUT2D eigenvalue weighted by molar-refractivity contribution is 0.0940. The van der Waals surface area contributed by atoms with E-state index >= 15 is 0 Å². The van der Waals surface area contributed by atoms with Crippen LogP contribution in [0.25, 0.3) is 0 Å². The summed E-state index contributed by atoms with van der Waals surface area (Å²) in [7, 11) is -2.28. The highest BCUT2D eigenvalue weighted by Gasteiger charge is 2.22. The number of halogens is 1. The fourth-order valence-corrected chi connectivity index (χ4v) is 4.67.